The van der Waals surface area contributed by atoms with Crippen LogP contribution in [0.3, 0.4) is 0 Å². The van der Waals surface area contributed by atoms with Crippen molar-refractivity contribution in [1.82, 2.24) is 0 Å². The summed E-state index contributed by atoms with van der Waals surface area (Å²) in [6.07, 6.45) is 0.266. The third-order valence-electron chi connectivity index (χ3n) is 2.47. The number of aromatic hydroxyl groups is 1. The van der Waals surface area contributed by atoms with Gasteiger partial charge in [0.15, 0.2) is 5.41 Å². The maximum atomic E-state index is 11.7. The summed E-state index contributed by atoms with van der Waals surface area (Å²) in [6.45, 7) is 3.51. The highest BCUT2D eigenvalue weighted by atomic mass is 16.5. The van der Waals surface area contributed by atoms with Crippen molar-refractivity contribution in [3.05, 3.63) is 29.8 Å². The van der Waals surface area contributed by atoms with Crippen LogP contribution >= 0.6 is 0 Å². The molecule has 0 heterocycles. The molecule has 0 aliphatic carbocycles. The van der Waals surface area contributed by atoms with Gasteiger partial charge in [0.2, 0.25) is 0 Å². The number of esters is 1. The minimum absolute atomic E-state index is 0.156. The van der Waals surface area contributed by atoms with Gasteiger partial charge in [0, 0.05) is 6.42 Å². The molecule has 1 atom stereocenters. The van der Waals surface area contributed by atoms with Crippen LogP contribution in [0.1, 0.15) is 19.4 Å². The van der Waals surface area contributed by atoms with Crippen molar-refractivity contribution >= 4 is 5.97 Å². The summed E-state index contributed by atoms with van der Waals surface area (Å²) in [7, 11) is 0. The summed E-state index contributed by atoms with van der Waals surface area (Å²) in [4.78, 5) is 11.7. The lowest BCUT2D eigenvalue weighted by molar-refractivity contribution is -0.151. The third kappa shape index (κ3) is 3.22. The highest BCUT2D eigenvalue weighted by Crippen LogP contribution is 2.24. The van der Waals surface area contributed by atoms with Crippen LogP contribution in [0.2, 0.25) is 0 Å². The number of carbonyl (C=O) groups excluding carboxylic acids is 1. The Hall–Kier alpha value is -2.02. The topological polar surface area (TPSA) is 70.3 Å². The molecule has 1 N–H and O–H groups in total. The first-order valence-corrected chi connectivity index (χ1v) is 5.38. The van der Waals surface area contributed by atoms with E-state index in [1.807, 2.05) is 6.07 Å². The molecule has 0 aromatic heterocycles. The number of hydrogen-bond acceptors (Lipinski definition) is 4. The summed E-state index contributed by atoms with van der Waals surface area (Å²) in [5, 5.41) is 18.2. The number of ether oxygens (including phenoxy) is 1. The molecule has 1 rings (SSSR count). The number of nitriles is 1. The lowest BCUT2D eigenvalue weighted by Crippen LogP contribution is -2.30. The first-order valence-electron chi connectivity index (χ1n) is 5.38. The number of phenols is 1. The van der Waals surface area contributed by atoms with E-state index in [1.54, 1.807) is 26.0 Å². The normalized spacial score (nSPS) is 13.5. The Bertz CT molecular complexity index is 433. The first kappa shape index (κ1) is 13.0. The Morgan fingerprint density at radius 1 is 1.47 bits per heavy atom. The minimum Gasteiger partial charge on any atom is -0.508 e. The molecule has 0 saturated heterocycles. The zero-order valence-electron chi connectivity index (χ0n) is 9.93. The molecule has 4 heteroatoms. The first-order chi connectivity index (χ1) is 8.01. The molecule has 0 bridgehead atoms. The van der Waals surface area contributed by atoms with Crippen molar-refractivity contribution in [2.24, 2.45) is 5.41 Å². The van der Waals surface area contributed by atoms with E-state index in [2.05, 4.69) is 0 Å². The molecule has 0 amide bonds. The Morgan fingerprint density at radius 3 is 2.53 bits per heavy atom. The van der Waals surface area contributed by atoms with Crippen LogP contribution in [0.15, 0.2) is 24.3 Å². The van der Waals surface area contributed by atoms with E-state index in [9.17, 15) is 4.79 Å². The molecule has 0 saturated carbocycles. The van der Waals surface area contributed by atoms with Crippen molar-refractivity contribution in [1.29, 1.82) is 5.26 Å². The smallest absolute Gasteiger partial charge is 0.326 e. The molecule has 1 unspecified atom stereocenters. The lowest BCUT2D eigenvalue weighted by Gasteiger charge is -2.19. The quantitative estimate of drug-likeness (QED) is 0.808. The van der Waals surface area contributed by atoms with E-state index in [0.29, 0.717) is 0 Å². The standard InChI is InChI=1S/C13H15NO3/c1-3-17-12(16)13(2,9-14)8-10-4-6-11(15)7-5-10/h4-7,15H,3,8H2,1-2H3. The van der Waals surface area contributed by atoms with Crippen LogP contribution in [0, 0.1) is 16.7 Å². The molecule has 0 radical (unpaired) electrons. The van der Waals surface area contributed by atoms with Gasteiger partial charge >= 0.3 is 5.97 Å². The van der Waals surface area contributed by atoms with Gasteiger partial charge < -0.3 is 9.84 Å². The largest absolute Gasteiger partial charge is 0.508 e. The van der Waals surface area contributed by atoms with Crippen molar-refractivity contribution < 1.29 is 14.6 Å². The monoisotopic (exact) mass is 233 g/mol. The van der Waals surface area contributed by atoms with E-state index in [1.165, 1.54) is 12.1 Å². The van der Waals surface area contributed by atoms with Crippen molar-refractivity contribution in [3.8, 4) is 11.8 Å². The van der Waals surface area contributed by atoms with Crippen molar-refractivity contribution in [3.63, 3.8) is 0 Å². The molecule has 0 aliphatic rings. The summed E-state index contributed by atoms with van der Waals surface area (Å²) < 4.78 is 4.88. The number of benzene rings is 1. The number of nitrogens with zero attached hydrogens (tertiary/aromatic N) is 1. The predicted octanol–water partition coefficient (Wildman–Crippen LogP) is 2.03. The van der Waals surface area contributed by atoms with Crippen LogP contribution in [0.4, 0.5) is 0 Å². The van der Waals surface area contributed by atoms with Gasteiger partial charge in [-0.3, -0.25) is 4.79 Å². The molecule has 0 spiro atoms. The second-order valence-corrected chi connectivity index (χ2v) is 4.01. The number of hydrogen-bond donors (Lipinski definition) is 1. The van der Waals surface area contributed by atoms with E-state index in [0.717, 1.165) is 5.56 Å². The van der Waals surface area contributed by atoms with E-state index < -0.39 is 11.4 Å². The summed E-state index contributed by atoms with van der Waals surface area (Å²) in [5.74, 6) is -0.362. The van der Waals surface area contributed by atoms with Gasteiger partial charge in [0.05, 0.1) is 12.7 Å². The van der Waals surface area contributed by atoms with Gasteiger partial charge in [-0.05, 0) is 31.5 Å². The molecular weight excluding hydrogens is 218 g/mol. The second kappa shape index (κ2) is 5.35. The molecule has 1 aromatic rings. The van der Waals surface area contributed by atoms with Crippen LogP contribution in [0.5, 0.6) is 5.75 Å². The van der Waals surface area contributed by atoms with Crippen molar-refractivity contribution in [2.75, 3.05) is 6.61 Å². The average molecular weight is 233 g/mol. The van der Waals surface area contributed by atoms with Crippen LogP contribution in [0.25, 0.3) is 0 Å². The predicted molar refractivity (Wildman–Crippen MR) is 62.2 cm³/mol. The van der Waals surface area contributed by atoms with Crippen LogP contribution in [-0.4, -0.2) is 17.7 Å². The summed E-state index contributed by atoms with van der Waals surface area (Å²) in [5.41, 5.74) is -0.382. The van der Waals surface area contributed by atoms with E-state index in [4.69, 9.17) is 15.1 Å². The summed E-state index contributed by atoms with van der Waals surface area (Å²) in [6, 6.07) is 8.41. The number of phenolic OH excluding ortho intramolecular Hbond substituents is 1. The highest BCUT2D eigenvalue weighted by Gasteiger charge is 2.35. The van der Waals surface area contributed by atoms with Gasteiger partial charge in [-0.2, -0.15) is 5.26 Å². The van der Waals surface area contributed by atoms with Gasteiger partial charge in [0.25, 0.3) is 0 Å². The zero-order valence-corrected chi connectivity index (χ0v) is 9.93. The lowest BCUT2D eigenvalue weighted by atomic mass is 9.85. The maximum absolute atomic E-state index is 11.7. The average Bonchev–Trinajstić information content (AvgIpc) is 2.32. The molecule has 17 heavy (non-hydrogen) atoms. The van der Waals surface area contributed by atoms with Crippen LogP contribution < -0.4 is 0 Å². The third-order valence-corrected chi connectivity index (χ3v) is 2.47. The SMILES string of the molecule is CCOC(=O)C(C)(C#N)Cc1ccc(O)cc1. The number of rotatable bonds is 4. The van der Waals surface area contributed by atoms with Gasteiger partial charge in [0.1, 0.15) is 5.75 Å². The fourth-order valence-electron chi connectivity index (χ4n) is 1.47. The van der Waals surface area contributed by atoms with Gasteiger partial charge in [-0.25, -0.2) is 0 Å². The minimum atomic E-state index is -1.19. The fraction of sp³-hybridized carbons (Fsp3) is 0.385. The Labute approximate surface area is 100 Å². The molecule has 0 fully saturated rings. The fourth-order valence-corrected chi connectivity index (χ4v) is 1.47. The van der Waals surface area contributed by atoms with E-state index >= 15 is 0 Å². The molecule has 90 valence electrons. The van der Waals surface area contributed by atoms with Crippen molar-refractivity contribution in [2.45, 2.75) is 20.3 Å². The Balaban J connectivity index is 2.86. The Morgan fingerprint density at radius 2 is 2.06 bits per heavy atom. The van der Waals surface area contributed by atoms with Gasteiger partial charge in [-0.1, -0.05) is 12.1 Å². The summed E-state index contributed by atoms with van der Waals surface area (Å²) >= 11 is 0. The zero-order chi connectivity index (χ0) is 12.9. The van der Waals surface area contributed by atoms with Crippen LogP contribution in [-0.2, 0) is 16.0 Å². The maximum Gasteiger partial charge on any atom is 0.326 e. The number of carbonyl (C=O) groups is 1. The van der Waals surface area contributed by atoms with E-state index in [-0.39, 0.29) is 18.8 Å². The molecular formula is C13H15NO3. The van der Waals surface area contributed by atoms with Gasteiger partial charge in [-0.15, -0.1) is 0 Å². The molecule has 1 aromatic carbocycles. The second-order valence-electron chi connectivity index (χ2n) is 4.01. The Kier molecular flexibility index (Phi) is 4.11. The highest BCUT2D eigenvalue weighted by molar-refractivity contribution is 5.80. The molecule has 0 aliphatic heterocycles. The molecule has 4 nitrogen and oxygen atoms in total.